The fourth-order valence-corrected chi connectivity index (χ4v) is 4.16. The lowest BCUT2D eigenvalue weighted by atomic mass is 10.1. The van der Waals surface area contributed by atoms with Gasteiger partial charge < -0.3 is 10.6 Å². The third kappa shape index (κ3) is 5.67. The Morgan fingerprint density at radius 1 is 0.967 bits per heavy atom. The van der Waals surface area contributed by atoms with Crippen molar-refractivity contribution in [2.75, 3.05) is 13.3 Å². The van der Waals surface area contributed by atoms with Crippen LogP contribution in [0.3, 0.4) is 0 Å². The first-order chi connectivity index (χ1) is 14.4. The van der Waals surface area contributed by atoms with Crippen LogP contribution >= 0.6 is 0 Å². The molecule has 0 aliphatic rings. The average Bonchev–Trinajstić information content (AvgIpc) is 2.74. The van der Waals surface area contributed by atoms with Gasteiger partial charge in [0, 0.05) is 38.2 Å². The third-order valence-electron chi connectivity index (χ3n) is 4.67. The summed E-state index contributed by atoms with van der Waals surface area (Å²) in [6, 6.07) is 19.4. The van der Waals surface area contributed by atoms with Crippen LogP contribution < -0.4 is 10.6 Å². The summed E-state index contributed by atoms with van der Waals surface area (Å²) in [6.07, 6.45) is 3.01. The molecular weight excluding hydrogens is 396 g/mol. The van der Waals surface area contributed by atoms with Gasteiger partial charge in [0.15, 0.2) is 15.8 Å². The molecule has 0 aliphatic heterocycles. The Morgan fingerprint density at radius 2 is 1.70 bits per heavy atom. The lowest BCUT2D eigenvalue weighted by molar-refractivity contribution is 0.601. The van der Waals surface area contributed by atoms with Crippen LogP contribution in [-0.4, -0.2) is 32.7 Å². The van der Waals surface area contributed by atoms with E-state index in [0.717, 1.165) is 27.9 Å². The highest BCUT2D eigenvalue weighted by atomic mass is 32.2. The Kier molecular flexibility index (Phi) is 6.84. The largest absolute Gasteiger partial charge is 0.352 e. The van der Waals surface area contributed by atoms with Crippen molar-refractivity contribution in [3.8, 4) is 11.3 Å². The van der Waals surface area contributed by atoms with Crippen molar-refractivity contribution in [2.24, 2.45) is 4.99 Å². The van der Waals surface area contributed by atoms with Crippen LogP contribution in [0.4, 0.5) is 0 Å². The summed E-state index contributed by atoms with van der Waals surface area (Å²) >= 11 is 0. The second kappa shape index (κ2) is 9.54. The van der Waals surface area contributed by atoms with Gasteiger partial charge in [0.25, 0.3) is 0 Å². The number of pyridine rings is 1. The zero-order chi connectivity index (χ0) is 21.6. The van der Waals surface area contributed by atoms with E-state index in [1.165, 1.54) is 6.26 Å². The number of sulfone groups is 1. The van der Waals surface area contributed by atoms with Gasteiger partial charge in [-0.2, -0.15) is 0 Å². The van der Waals surface area contributed by atoms with Crippen LogP contribution in [0.5, 0.6) is 0 Å². The predicted octanol–water partition coefficient (Wildman–Crippen LogP) is 3.33. The normalized spacial score (nSPS) is 11.9. The second-order valence-electron chi connectivity index (χ2n) is 7.07. The molecule has 0 bridgehead atoms. The predicted molar refractivity (Wildman–Crippen MR) is 121 cm³/mol. The smallest absolute Gasteiger partial charge is 0.191 e. The Hall–Kier alpha value is -3.19. The Balaban J connectivity index is 1.60. The number of rotatable bonds is 6. The number of hydrogen-bond acceptors (Lipinski definition) is 4. The highest BCUT2D eigenvalue weighted by Crippen LogP contribution is 2.18. The average molecular weight is 423 g/mol. The van der Waals surface area contributed by atoms with Gasteiger partial charge in [0.2, 0.25) is 0 Å². The Bertz CT molecular complexity index is 1140. The lowest BCUT2D eigenvalue weighted by Crippen LogP contribution is -2.36. The van der Waals surface area contributed by atoms with E-state index in [2.05, 4.69) is 32.7 Å². The third-order valence-corrected chi connectivity index (χ3v) is 5.93. The molecule has 2 aromatic carbocycles. The number of guanidine groups is 1. The maximum atomic E-state index is 11.8. The maximum absolute atomic E-state index is 11.8. The second-order valence-corrected chi connectivity index (χ2v) is 9.05. The number of hydrogen-bond donors (Lipinski definition) is 2. The summed E-state index contributed by atoms with van der Waals surface area (Å²) in [4.78, 5) is 9.03. The molecule has 7 heteroatoms. The molecule has 0 spiro atoms. The summed E-state index contributed by atoms with van der Waals surface area (Å²) in [5.41, 5.74) is 4.86. The lowest BCUT2D eigenvalue weighted by Gasteiger charge is -2.13. The van der Waals surface area contributed by atoms with Crippen molar-refractivity contribution in [1.29, 1.82) is 0 Å². The van der Waals surface area contributed by atoms with Crippen molar-refractivity contribution in [1.82, 2.24) is 15.6 Å². The molecule has 0 amide bonds. The quantitative estimate of drug-likeness (QED) is 0.470. The SMILES string of the molecule is CN=C(NCc1cccc(-c2ccccn2)c1)NCc1ccc(S(C)(=O)=O)c(C)c1. The summed E-state index contributed by atoms with van der Waals surface area (Å²) in [6.45, 7) is 2.96. The van der Waals surface area contributed by atoms with Gasteiger partial charge in [0.1, 0.15) is 0 Å². The molecule has 0 saturated carbocycles. The zero-order valence-electron chi connectivity index (χ0n) is 17.4. The van der Waals surface area contributed by atoms with Crippen LogP contribution in [-0.2, 0) is 22.9 Å². The zero-order valence-corrected chi connectivity index (χ0v) is 18.2. The maximum Gasteiger partial charge on any atom is 0.191 e. The molecule has 3 aromatic rings. The van der Waals surface area contributed by atoms with E-state index >= 15 is 0 Å². The molecule has 0 unspecified atom stereocenters. The van der Waals surface area contributed by atoms with Gasteiger partial charge in [-0.15, -0.1) is 0 Å². The van der Waals surface area contributed by atoms with Crippen LogP contribution in [0.2, 0.25) is 0 Å². The molecule has 0 aliphatic carbocycles. The Morgan fingerprint density at radius 3 is 2.30 bits per heavy atom. The molecule has 156 valence electrons. The van der Waals surface area contributed by atoms with Gasteiger partial charge in [-0.25, -0.2) is 8.42 Å². The highest BCUT2D eigenvalue weighted by molar-refractivity contribution is 7.90. The number of benzene rings is 2. The van der Waals surface area contributed by atoms with E-state index < -0.39 is 9.84 Å². The van der Waals surface area contributed by atoms with E-state index in [1.54, 1.807) is 19.3 Å². The number of nitrogens with one attached hydrogen (secondary N) is 2. The number of nitrogens with zero attached hydrogens (tertiary/aromatic N) is 2. The van der Waals surface area contributed by atoms with Crippen LogP contribution in [0, 0.1) is 6.92 Å². The Labute approximate surface area is 178 Å². The minimum Gasteiger partial charge on any atom is -0.352 e. The number of aromatic nitrogens is 1. The van der Waals surface area contributed by atoms with Crippen LogP contribution in [0.25, 0.3) is 11.3 Å². The fourth-order valence-electron chi connectivity index (χ4n) is 3.20. The van der Waals surface area contributed by atoms with Crippen molar-refractivity contribution in [3.05, 3.63) is 83.6 Å². The van der Waals surface area contributed by atoms with Crippen LogP contribution in [0.1, 0.15) is 16.7 Å². The molecule has 0 atom stereocenters. The van der Waals surface area contributed by atoms with Crippen molar-refractivity contribution < 1.29 is 8.42 Å². The topological polar surface area (TPSA) is 83.4 Å². The van der Waals surface area contributed by atoms with Gasteiger partial charge in [-0.1, -0.05) is 36.4 Å². The molecule has 3 rings (SSSR count). The van der Waals surface area contributed by atoms with Gasteiger partial charge >= 0.3 is 0 Å². The minimum absolute atomic E-state index is 0.363. The number of aryl methyl sites for hydroxylation is 1. The molecule has 1 heterocycles. The van der Waals surface area contributed by atoms with Crippen molar-refractivity contribution in [2.45, 2.75) is 24.9 Å². The molecule has 0 radical (unpaired) electrons. The van der Waals surface area contributed by atoms with E-state index in [0.29, 0.717) is 23.9 Å². The molecule has 2 N–H and O–H groups in total. The van der Waals surface area contributed by atoms with Gasteiger partial charge in [-0.05, 0) is 47.9 Å². The standard InChI is InChI=1S/C23H26N4O2S/c1-17-13-19(10-11-22(17)30(3,28)29)16-27-23(24-2)26-15-18-7-6-8-20(14-18)21-9-4-5-12-25-21/h4-14H,15-16H2,1-3H3,(H2,24,26,27). The van der Waals surface area contributed by atoms with E-state index in [1.807, 2.05) is 49.4 Å². The van der Waals surface area contributed by atoms with E-state index in [-0.39, 0.29) is 0 Å². The first-order valence-corrected chi connectivity index (χ1v) is 11.5. The minimum atomic E-state index is -3.21. The van der Waals surface area contributed by atoms with Crippen molar-refractivity contribution >= 4 is 15.8 Å². The highest BCUT2D eigenvalue weighted by Gasteiger charge is 2.11. The summed E-state index contributed by atoms with van der Waals surface area (Å²) in [7, 11) is -1.49. The molecule has 0 saturated heterocycles. The van der Waals surface area contributed by atoms with E-state index in [9.17, 15) is 8.42 Å². The molecule has 30 heavy (non-hydrogen) atoms. The first kappa shape index (κ1) is 21.5. The monoisotopic (exact) mass is 422 g/mol. The fraction of sp³-hybridized carbons (Fsp3) is 0.217. The molecule has 0 fully saturated rings. The molecular formula is C23H26N4O2S. The van der Waals surface area contributed by atoms with Gasteiger partial charge in [0.05, 0.1) is 10.6 Å². The first-order valence-electron chi connectivity index (χ1n) is 9.61. The van der Waals surface area contributed by atoms with Crippen molar-refractivity contribution in [3.63, 3.8) is 0 Å². The van der Waals surface area contributed by atoms with Gasteiger partial charge in [-0.3, -0.25) is 9.98 Å². The molecule has 1 aromatic heterocycles. The number of aliphatic imine (C=N–C) groups is 1. The van der Waals surface area contributed by atoms with E-state index in [4.69, 9.17) is 0 Å². The summed E-state index contributed by atoms with van der Waals surface area (Å²) < 4.78 is 23.5. The summed E-state index contributed by atoms with van der Waals surface area (Å²) in [5.74, 6) is 0.670. The van der Waals surface area contributed by atoms with Crippen LogP contribution in [0.15, 0.2) is 76.7 Å². The molecule has 6 nitrogen and oxygen atoms in total. The summed E-state index contributed by atoms with van der Waals surface area (Å²) in [5, 5.41) is 6.57.